The molecule has 0 fully saturated rings. The first-order valence-electron chi connectivity index (χ1n) is 6.70. The van der Waals surface area contributed by atoms with E-state index in [0.717, 1.165) is 16.8 Å². The number of hydrogen-bond donors (Lipinski definition) is 2. The van der Waals surface area contributed by atoms with E-state index in [-0.39, 0.29) is 16.4 Å². The van der Waals surface area contributed by atoms with Gasteiger partial charge in [-0.1, -0.05) is 18.2 Å². The first kappa shape index (κ1) is 16.2. The number of nitrogens with two attached hydrogens (primary N) is 1. The van der Waals surface area contributed by atoms with E-state index in [4.69, 9.17) is 5.14 Å². The van der Waals surface area contributed by atoms with E-state index in [0.29, 0.717) is 5.56 Å². The zero-order valence-corrected chi connectivity index (χ0v) is 13.5. The zero-order valence-electron chi connectivity index (χ0n) is 12.7. The molecule has 0 bridgehead atoms. The number of para-hydroxylation sites is 1. The minimum absolute atomic E-state index is 0.0702. The molecule has 0 unspecified atom stereocenters. The number of nitrogens with one attached hydrogen (secondary N) is 1. The van der Waals surface area contributed by atoms with E-state index < -0.39 is 10.0 Å². The van der Waals surface area contributed by atoms with Crippen LogP contribution in [0.2, 0.25) is 0 Å². The van der Waals surface area contributed by atoms with Gasteiger partial charge in [0, 0.05) is 11.3 Å². The van der Waals surface area contributed by atoms with Gasteiger partial charge in [-0.25, -0.2) is 13.6 Å². The van der Waals surface area contributed by atoms with Crippen LogP contribution >= 0.6 is 0 Å². The molecule has 0 atom stereocenters. The van der Waals surface area contributed by atoms with Gasteiger partial charge in [-0.2, -0.15) is 0 Å². The predicted molar refractivity (Wildman–Crippen MR) is 86.4 cm³/mol. The van der Waals surface area contributed by atoms with Crippen LogP contribution in [0.15, 0.2) is 41.3 Å². The van der Waals surface area contributed by atoms with Crippen LogP contribution in [0.1, 0.15) is 27.0 Å². The van der Waals surface area contributed by atoms with Crippen molar-refractivity contribution >= 4 is 21.6 Å². The number of carbonyl (C=O) groups excluding carboxylic acids is 1. The molecule has 2 rings (SSSR count). The number of rotatable bonds is 3. The van der Waals surface area contributed by atoms with Crippen molar-refractivity contribution in [3.05, 3.63) is 58.7 Å². The van der Waals surface area contributed by atoms with Crippen LogP contribution in [-0.4, -0.2) is 14.3 Å². The Hall–Kier alpha value is -2.18. The van der Waals surface area contributed by atoms with Crippen molar-refractivity contribution in [1.82, 2.24) is 0 Å². The van der Waals surface area contributed by atoms with Gasteiger partial charge in [0.05, 0.1) is 4.90 Å². The fraction of sp³-hybridized carbons (Fsp3) is 0.188. The zero-order chi connectivity index (χ0) is 16.5. The molecule has 0 aliphatic heterocycles. The Balaban J connectivity index is 2.41. The van der Waals surface area contributed by atoms with E-state index in [2.05, 4.69) is 5.32 Å². The quantitative estimate of drug-likeness (QED) is 0.911. The van der Waals surface area contributed by atoms with Crippen LogP contribution in [0.25, 0.3) is 0 Å². The number of primary sulfonamides is 1. The highest BCUT2D eigenvalue weighted by Gasteiger charge is 2.15. The number of amides is 1. The first-order chi connectivity index (χ1) is 10.2. The smallest absolute Gasteiger partial charge is 0.255 e. The number of carbonyl (C=O) groups is 1. The molecule has 0 spiro atoms. The summed E-state index contributed by atoms with van der Waals surface area (Å²) in [6.45, 7) is 5.51. The largest absolute Gasteiger partial charge is 0.322 e. The van der Waals surface area contributed by atoms with Crippen LogP contribution in [0.4, 0.5) is 5.69 Å². The van der Waals surface area contributed by atoms with Gasteiger partial charge < -0.3 is 5.32 Å². The number of anilines is 1. The molecule has 0 aliphatic rings. The fourth-order valence-electron chi connectivity index (χ4n) is 2.24. The first-order valence-corrected chi connectivity index (χ1v) is 8.25. The molecule has 116 valence electrons. The summed E-state index contributed by atoms with van der Waals surface area (Å²) in [5.74, 6) is -0.369. The third-order valence-corrected chi connectivity index (χ3v) is 4.25. The van der Waals surface area contributed by atoms with E-state index in [1.165, 1.54) is 12.1 Å². The number of aryl methyl sites for hydroxylation is 3. The van der Waals surface area contributed by atoms with Gasteiger partial charge in [-0.3, -0.25) is 4.79 Å². The standard InChI is InChI=1S/C16H18N2O3S/c1-10-7-13(9-14(8-10)22(17,20)21)16(19)18-15-11(2)5-4-6-12(15)3/h4-9H,1-3H3,(H,18,19)(H2,17,20,21). The second-order valence-electron chi connectivity index (χ2n) is 5.30. The molecule has 2 aromatic rings. The lowest BCUT2D eigenvalue weighted by molar-refractivity contribution is 0.102. The highest BCUT2D eigenvalue weighted by molar-refractivity contribution is 7.89. The van der Waals surface area contributed by atoms with E-state index in [1.807, 2.05) is 32.0 Å². The summed E-state index contributed by atoms with van der Waals surface area (Å²) in [6, 6.07) is 10.0. The molecule has 0 aliphatic carbocycles. The van der Waals surface area contributed by atoms with Gasteiger partial charge in [-0.05, 0) is 55.7 Å². The average molecular weight is 318 g/mol. The predicted octanol–water partition coefficient (Wildman–Crippen LogP) is 2.51. The number of benzene rings is 2. The SMILES string of the molecule is Cc1cc(C(=O)Nc2c(C)cccc2C)cc(S(N)(=O)=O)c1. The summed E-state index contributed by atoms with van der Waals surface area (Å²) in [5, 5.41) is 7.96. The van der Waals surface area contributed by atoms with Crippen molar-refractivity contribution in [2.75, 3.05) is 5.32 Å². The Labute approximate surface area is 130 Å². The lowest BCUT2D eigenvalue weighted by Gasteiger charge is -2.12. The van der Waals surface area contributed by atoms with Crippen molar-refractivity contribution in [2.45, 2.75) is 25.7 Å². The van der Waals surface area contributed by atoms with Crippen molar-refractivity contribution in [2.24, 2.45) is 5.14 Å². The summed E-state index contributed by atoms with van der Waals surface area (Å²) in [5.41, 5.74) is 3.51. The van der Waals surface area contributed by atoms with Crippen molar-refractivity contribution in [1.29, 1.82) is 0 Å². The molecule has 0 aromatic heterocycles. The molecular weight excluding hydrogens is 300 g/mol. The molecule has 22 heavy (non-hydrogen) atoms. The second kappa shape index (κ2) is 5.90. The second-order valence-corrected chi connectivity index (χ2v) is 6.86. The van der Waals surface area contributed by atoms with E-state index >= 15 is 0 Å². The summed E-state index contributed by atoms with van der Waals surface area (Å²) >= 11 is 0. The molecule has 0 heterocycles. The van der Waals surface area contributed by atoms with Gasteiger partial charge in [0.25, 0.3) is 5.91 Å². The van der Waals surface area contributed by atoms with Gasteiger partial charge in [-0.15, -0.1) is 0 Å². The summed E-state index contributed by atoms with van der Waals surface area (Å²) in [4.78, 5) is 12.3. The van der Waals surface area contributed by atoms with Crippen molar-refractivity contribution < 1.29 is 13.2 Å². The van der Waals surface area contributed by atoms with Crippen LogP contribution in [0.3, 0.4) is 0 Å². The Morgan fingerprint density at radius 3 is 2.18 bits per heavy atom. The number of hydrogen-bond acceptors (Lipinski definition) is 3. The molecule has 3 N–H and O–H groups in total. The maximum Gasteiger partial charge on any atom is 0.255 e. The Morgan fingerprint density at radius 1 is 1.05 bits per heavy atom. The molecule has 1 amide bonds. The maximum absolute atomic E-state index is 12.4. The van der Waals surface area contributed by atoms with Crippen LogP contribution in [0, 0.1) is 20.8 Å². The Bertz CT molecular complexity index is 822. The number of sulfonamides is 1. The van der Waals surface area contributed by atoms with Crippen LogP contribution < -0.4 is 10.5 Å². The molecule has 0 saturated carbocycles. The average Bonchev–Trinajstić information content (AvgIpc) is 2.41. The van der Waals surface area contributed by atoms with E-state index in [1.54, 1.807) is 13.0 Å². The third kappa shape index (κ3) is 3.52. The topological polar surface area (TPSA) is 89.3 Å². The summed E-state index contributed by atoms with van der Waals surface area (Å²) in [7, 11) is -3.85. The van der Waals surface area contributed by atoms with Crippen LogP contribution in [0.5, 0.6) is 0 Å². The lowest BCUT2D eigenvalue weighted by Crippen LogP contribution is -2.17. The molecule has 0 saturated heterocycles. The normalized spacial score (nSPS) is 11.3. The van der Waals surface area contributed by atoms with Crippen molar-refractivity contribution in [3.63, 3.8) is 0 Å². The maximum atomic E-state index is 12.4. The highest BCUT2D eigenvalue weighted by Crippen LogP contribution is 2.21. The summed E-state index contributed by atoms with van der Waals surface area (Å²) < 4.78 is 22.9. The lowest BCUT2D eigenvalue weighted by atomic mass is 10.1. The van der Waals surface area contributed by atoms with Gasteiger partial charge in [0.2, 0.25) is 10.0 Å². The molecular formula is C16H18N2O3S. The highest BCUT2D eigenvalue weighted by atomic mass is 32.2. The van der Waals surface area contributed by atoms with Gasteiger partial charge in [0.1, 0.15) is 0 Å². The summed E-state index contributed by atoms with van der Waals surface area (Å²) in [6.07, 6.45) is 0. The molecule has 6 heteroatoms. The van der Waals surface area contributed by atoms with Gasteiger partial charge >= 0.3 is 0 Å². The minimum Gasteiger partial charge on any atom is -0.322 e. The molecule has 5 nitrogen and oxygen atoms in total. The van der Waals surface area contributed by atoms with Crippen molar-refractivity contribution in [3.8, 4) is 0 Å². The monoisotopic (exact) mass is 318 g/mol. The van der Waals surface area contributed by atoms with E-state index in [9.17, 15) is 13.2 Å². The van der Waals surface area contributed by atoms with Crippen LogP contribution in [-0.2, 0) is 10.0 Å². The fourth-order valence-corrected chi connectivity index (χ4v) is 2.88. The van der Waals surface area contributed by atoms with Gasteiger partial charge in [0.15, 0.2) is 0 Å². The minimum atomic E-state index is -3.85. The molecule has 0 radical (unpaired) electrons. The Morgan fingerprint density at radius 2 is 1.64 bits per heavy atom. The molecule has 2 aromatic carbocycles. The third-order valence-electron chi connectivity index (χ3n) is 3.36. The Kier molecular flexibility index (Phi) is 4.35.